The van der Waals surface area contributed by atoms with Gasteiger partial charge in [-0.1, -0.05) is 11.6 Å². The second kappa shape index (κ2) is 3.07. The Labute approximate surface area is 75.8 Å². The zero-order valence-corrected chi connectivity index (χ0v) is 7.20. The van der Waals surface area contributed by atoms with Gasteiger partial charge in [-0.25, -0.2) is 4.99 Å². The fraction of sp³-hybridized carbons (Fsp3) is 0.111. The summed E-state index contributed by atoms with van der Waals surface area (Å²) in [7, 11) is 0. The van der Waals surface area contributed by atoms with Gasteiger partial charge in [0.05, 0.1) is 6.21 Å². The quantitative estimate of drug-likeness (QED) is 0.587. The van der Waals surface area contributed by atoms with Crippen molar-refractivity contribution in [3.05, 3.63) is 29.3 Å². The first-order chi connectivity index (χ1) is 5.86. The molecule has 0 amide bonds. The third-order valence-corrected chi connectivity index (χ3v) is 2.00. The highest BCUT2D eigenvalue weighted by Gasteiger charge is 2.09. The van der Waals surface area contributed by atoms with E-state index in [-0.39, 0.29) is 0 Å². The van der Waals surface area contributed by atoms with Crippen molar-refractivity contribution in [3.8, 4) is 0 Å². The lowest BCUT2D eigenvalue weighted by Gasteiger charge is -1.94. The minimum atomic E-state index is 0.710. The molecule has 1 aromatic rings. The number of aliphatic imine (C=N–C) groups is 1. The van der Waals surface area contributed by atoms with Crippen molar-refractivity contribution >= 4 is 29.7 Å². The Bertz CT molecular complexity index is 338. The fourth-order valence-corrected chi connectivity index (χ4v) is 1.24. The molecule has 1 aliphatic rings. The van der Waals surface area contributed by atoms with Crippen LogP contribution in [-0.4, -0.2) is 23.7 Å². The molecule has 60 valence electrons. The van der Waals surface area contributed by atoms with Gasteiger partial charge < -0.3 is 0 Å². The van der Waals surface area contributed by atoms with Crippen LogP contribution in [0.1, 0.15) is 0 Å². The van der Waals surface area contributed by atoms with Crippen molar-refractivity contribution in [2.24, 2.45) is 4.99 Å². The Hall–Kier alpha value is -1.15. The highest BCUT2D eigenvalue weighted by Crippen LogP contribution is 2.16. The molecule has 3 heteroatoms. The summed E-state index contributed by atoms with van der Waals surface area (Å²) in [6.45, 7) is 0.710. The van der Waals surface area contributed by atoms with Gasteiger partial charge in [-0.3, -0.25) is 0 Å². The molecule has 0 radical (unpaired) electrons. The van der Waals surface area contributed by atoms with E-state index in [4.69, 9.17) is 11.6 Å². The van der Waals surface area contributed by atoms with Gasteiger partial charge in [-0.05, 0) is 12.1 Å². The Morgan fingerprint density at radius 2 is 2.00 bits per heavy atom. The van der Waals surface area contributed by atoms with Crippen LogP contribution in [0.3, 0.4) is 0 Å². The van der Waals surface area contributed by atoms with Crippen molar-refractivity contribution < 1.29 is 4.58 Å². The molecule has 2 rings (SSSR count). The van der Waals surface area contributed by atoms with Crippen molar-refractivity contribution in [1.82, 2.24) is 0 Å². The van der Waals surface area contributed by atoms with Crippen LogP contribution in [0.25, 0.3) is 0 Å². The Kier molecular flexibility index (Phi) is 1.92. The second-order valence-electron chi connectivity index (χ2n) is 2.57. The van der Waals surface area contributed by atoms with E-state index in [0.717, 1.165) is 10.7 Å². The monoisotopic (exact) mass is 179 g/mol. The maximum Gasteiger partial charge on any atom is 0.241 e. The number of hydrogen-bond donors (Lipinski definition) is 0. The molecule has 0 saturated carbocycles. The lowest BCUT2D eigenvalue weighted by Crippen LogP contribution is -2.00. The first-order valence-electron chi connectivity index (χ1n) is 3.72. The highest BCUT2D eigenvalue weighted by molar-refractivity contribution is 6.30. The van der Waals surface area contributed by atoms with Crippen molar-refractivity contribution in [2.75, 3.05) is 6.67 Å². The summed E-state index contributed by atoms with van der Waals surface area (Å²) < 4.78 is 2.05. The van der Waals surface area contributed by atoms with Crippen LogP contribution in [0.2, 0.25) is 5.02 Å². The van der Waals surface area contributed by atoms with Crippen LogP contribution >= 0.6 is 11.6 Å². The zero-order chi connectivity index (χ0) is 8.39. The maximum atomic E-state index is 5.76. The molecule has 1 heterocycles. The van der Waals surface area contributed by atoms with Gasteiger partial charge in [-0.15, -0.1) is 0 Å². The zero-order valence-electron chi connectivity index (χ0n) is 6.44. The van der Waals surface area contributed by atoms with Crippen LogP contribution in [-0.2, 0) is 0 Å². The van der Waals surface area contributed by atoms with Gasteiger partial charge in [-0.2, -0.15) is 4.58 Å². The van der Waals surface area contributed by atoms with Gasteiger partial charge in [0, 0.05) is 17.2 Å². The van der Waals surface area contributed by atoms with Crippen LogP contribution in [0.5, 0.6) is 0 Å². The van der Waals surface area contributed by atoms with Crippen molar-refractivity contribution in [3.63, 3.8) is 0 Å². The normalized spacial score (nSPS) is 14.9. The molecule has 1 aromatic carbocycles. The molecular formula is C9H8ClN2+. The molecular weight excluding hydrogens is 172 g/mol. The van der Waals surface area contributed by atoms with E-state index in [9.17, 15) is 0 Å². The summed E-state index contributed by atoms with van der Waals surface area (Å²) in [5, 5.41) is 0.763. The molecule has 0 atom stereocenters. The Morgan fingerprint density at radius 3 is 2.58 bits per heavy atom. The SMILES string of the molecule is Clc1ccc([N+]2=CC=NC2)cc1. The lowest BCUT2D eigenvalue weighted by atomic mass is 10.3. The van der Waals surface area contributed by atoms with Gasteiger partial charge in [0.25, 0.3) is 0 Å². The molecule has 0 spiro atoms. The van der Waals surface area contributed by atoms with Gasteiger partial charge in [0.2, 0.25) is 12.4 Å². The molecule has 0 unspecified atom stereocenters. The van der Waals surface area contributed by atoms with E-state index in [1.165, 1.54) is 0 Å². The van der Waals surface area contributed by atoms with E-state index in [2.05, 4.69) is 9.57 Å². The maximum absolute atomic E-state index is 5.76. The largest absolute Gasteiger partial charge is 0.241 e. The van der Waals surface area contributed by atoms with Gasteiger partial charge in [0.1, 0.15) is 0 Å². The molecule has 0 fully saturated rings. The minimum Gasteiger partial charge on any atom is -0.222 e. The number of halogens is 1. The summed E-state index contributed by atoms with van der Waals surface area (Å²) in [6, 6.07) is 7.72. The molecule has 2 nitrogen and oxygen atoms in total. The predicted molar refractivity (Wildman–Crippen MR) is 50.8 cm³/mol. The molecule has 0 saturated heterocycles. The topological polar surface area (TPSA) is 15.4 Å². The molecule has 0 bridgehead atoms. The number of nitrogens with zero attached hydrogens (tertiary/aromatic N) is 2. The Balaban J connectivity index is 2.30. The van der Waals surface area contributed by atoms with E-state index >= 15 is 0 Å². The van der Waals surface area contributed by atoms with E-state index in [1.807, 2.05) is 30.5 Å². The average Bonchev–Trinajstić information content (AvgIpc) is 2.58. The summed E-state index contributed by atoms with van der Waals surface area (Å²) >= 11 is 5.76. The van der Waals surface area contributed by atoms with E-state index in [1.54, 1.807) is 6.21 Å². The average molecular weight is 180 g/mol. The predicted octanol–water partition coefficient (Wildman–Crippen LogP) is 2.10. The molecule has 1 aliphatic heterocycles. The smallest absolute Gasteiger partial charge is 0.222 e. The standard InChI is InChI=1S/C9H8ClN2/c10-8-1-3-9(4-2-8)12-6-5-11-7-12/h1-6H,7H2/q+1. The number of rotatable bonds is 1. The lowest BCUT2D eigenvalue weighted by molar-refractivity contribution is -0.427. The summed E-state index contributed by atoms with van der Waals surface area (Å²) in [4.78, 5) is 4.08. The molecule has 0 N–H and O–H groups in total. The highest BCUT2D eigenvalue weighted by atomic mass is 35.5. The van der Waals surface area contributed by atoms with Crippen LogP contribution in [0.15, 0.2) is 29.3 Å². The van der Waals surface area contributed by atoms with Crippen LogP contribution in [0.4, 0.5) is 5.69 Å². The van der Waals surface area contributed by atoms with Gasteiger partial charge in [0.15, 0.2) is 6.21 Å². The molecule has 12 heavy (non-hydrogen) atoms. The van der Waals surface area contributed by atoms with E-state index < -0.39 is 0 Å². The van der Waals surface area contributed by atoms with E-state index in [0.29, 0.717) is 6.67 Å². The van der Waals surface area contributed by atoms with Crippen LogP contribution in [0, 0.1) is 0 Å². The van der Waals surface area contributed by atoms with Crippen LogP contribution < -0.4 is 0 Å². The number of hydrogen-bond acceptors (Lipinski definition) is 1. The minimum absolute atomic E-state index is 0.710. The molecule has 0 aromatic heterocycles. The first kappa shape index (κ1) is 7.50. The fourth-order valence-electron chi connectivity index (χ4n) is 1.11. The summed E-state index contributed by atoms with van der Waals surface area (Å²) in [5.74, 6) is 0. The Morgan fingerprint density at radius 1 is 1.25 bits per heavy atom. The summed E-state index contributed by atoms with van der Waals surface area (Å²) in [5.41, 5.74) is 1.12. The van der Waals surface area contributed by atoms with Crippen molar-refractivity contribution in [1.29, 1.82) is 0 Å². The number of benzene rings is 1. The van der Waals surface area contributed by atoms with Crippen molar-refractivity contribution in [2.45, 2.75) is 0 Å². The third kappa shape index (κ3) is 1.38. The third-order valence-electron chi connectivity index (χ3n) is 1.74. The molecule has 0 aliphatic carbocycles. The summed E-state index contributed by atoms with van der Waals surface area (Å²) in [6.07, 6.45) is 3.75. The van der Waals surface area contributed by atoms with Gasteiger partial charge >= 0.3 is 0 Å². The second-order valence-corrected chi connectivity index (χ2v) is 3.00. The first-order valence-corrected chi connectivity index (χ1v) is 4.09.